The Balaban J connectivity index is 2.74. The van der Waals surface area contributed by atoms with Gasteiger partial charge in [-0.1, -0.05) is 6.07 Å². The Morgan fingerprint density at radius 2 is 2.29 bits per heavy atom. The average molecular weight is 303 g/mol. The maximum atomic E-state index is 11.7. The van der Waals surface area contributed by atoms with E-state index in [-0.39, 0.29) is 5.69 Å². The second-order valence-electron chi connectivity index (χ2n) is 3.08. The number of hydrogen-bond acceptors (Lipinski definition) is 5. The largest absolute Gasteiger partial charge is 0.467 e. The van der Waals surface area contributed by atoms with E-state index in [0.29, 0.717) is 4.60 Å². The minimum atomic E-state index is -1.09. The van der Waals surface area contributed by atoms with E-state index in [2.05, 4.69) is 31.0 Å². The molecule has 1 amide bonds. The number of pyridine rings is 1. The maximum Gasteiger partial charge on any atom is 0.330 e. The fourth-order valence-corrected chi connectivity index (χ4v) is 1.43. The third-order valence-electron chi connectivity index (χ3n) is 1.92. The van der Waals surface area contributed by atoms with Gasteiger partial charge in [0, 0.05) is 0 Å². The van der Waals surface area contributed by atoms with Crippen molar-refractivity contribution in [3.63, 3.8) is 0 Å². The van der Waals surface area contributed by atoms with Crippen LogP contribution in [0, 0.1) is 0 Å². The molecule has 1 rings (SSSR count). The Kier molecular flexibility index (Phi) is 5.05. The highest BCUT2D eigenvalue weighted by Crippen LogP contribution is 2.06. The molecule has 92 valence electrons. The van der Waals surface area contributed by atoms with Gasteiger partial charge in [0.05, 0.1) is 13.7 Å². The highest BCUT2D eigenvalue weighted by Gasteiger charge is 2.21. The number of ether oxygens (including phenoxy) is 1. The highest BCUT2D eigenvalue weighted by molar-refractivity contribution is 9.10. The summed E-state index contributed by atoms with van der Waals surface area (Å²) in [5, 5.41) is 11.2. The second-order valence-corrected chi connectivity index (χ2v) is 3.89. The van der Waals surface area contributed by atoms with Gasteiger partial charge in [-0.05, 0) is 28.1 Å². The normalized spacial score (nSPS) is 11.7. The Bertz CT molecular complexity index is 425. The predicted octanol–water partition coefficient (Wildman–Crippen LogP) is 0.108. The first kappa shape index (κ1) is 13.6. The minimum absolute atomic E-state index is 0.140. The van der Waals surface area contributed by atoms with E-state index in [1.54, 1.807) is 12.1 Å². The van der Waals surface area contributed by atoms with Crippen LogP contribution in [0.5, 0.6) is 0 Å². The van der Waals surface area contributed by atoms with Crippen LogP contribution in [0.3, 0.4) is 0 Å². The number of aliphatic hydroxyl groups is 1. The van der Waals surface area contributed by atoms with Crippen LogP contribution in [0.25, 0.3) is 0 Å². The molecule has 6 nitrogen and oxygen atoms in total. The average Bonchev–Trinajstić information content (AvgIpc) is 2.34. The number of rotatable bonds is 4. The number of esters is 1. The maximum absolute atomic E-state index is 11.7. The summed E-state index contributed by atoms with van der Waals surface area (Å²) in [6, 6.07) is 3.71. The van der Waals surface area contributed by atoms with Gasteiger partial charge < -0.3 is 15.2 Å². The summed E-state index contributed by atoms with van der Waals surface area (Å²) in [6.45, 7) is -0.535. The van der Waals surface area contributed by atoms with Crippen molar-refractivity contribution in [3.8, 4) is 0 Å². The molecule has 7 heteroatoms. The van der Waals surface area contributed by atoms with Crippen LogP contribution in [0.15, 0.2) is 22.8 Å². The molecule has 0 aliphatic carbocycles. The van der Waals surface area contributed by atoms with Gasteiger partial charge in [-0.25, -0.2) is 9.78 Å². The lowest BCUT2D eigenvalue weighted by atomic mass is 10.3. The van der Waals surface area contributed by atoms with Gasteiger partial charge in [0.2, 0.25) is 0 Å². The molecule has 1 unspecified atom stereocenters. The van der Waals surface area contributed by atoms with E-state index in [9.17, 15) is 9.59 Å². The van der Waals surface area contributed by atoms with Gasteiger partial charge in [0.25, 0.3) is 5.91 Å². The van der Waals surface area contributed by atoms with E-state index in [1.165, 1.54) is 13.2 Å². The number of amides is 1. The van der Waals surface area contributed by atoms with E-state index in [0.717, 1.165) is 0 Å². The van der Waals surface area contributed by atoms with Crippen molar-refractivity contribution in [2.75, 3.05) is 13.7 Å². The molecular formula is C10H11BrN2O4. The van der Waals surface area contributed by atoms with Crippen LogP contribution < -0.4 is 5.32 Å². The van der Waals surface area contributed by atoms with E-state index in [1.807, 2.05) is 0 Å². The molecule has 1 aromatic heterocycles. The van der Waals surface area contributed by atoms with Gasteiger partial charge in [-0.2, -0.15) is 0 Å². The number of carbonyl (C=O) groups excluding carboxylic acids is 2. The molecular weight excluding hydrogens is 292 g/mol. The van der Waals surface area contributed by atoms with Crippen LogP contribution in [0.1, 0.15) is 10.5 Å². The van der Waals surface area contributed by atoms with Gasteiger partial charge in [-0.3, -0.25) is 4.79 Å². The van der Waals surface area contributed by atoms with Crippen molar-refractivity contribution >= 4 is 27.8 Å². The third kappa shape index (κ3) is 3.79. The molecule has 17 heavy (non-hydrogen) atoms. The summed E-state index contributed by atoms with van der Waals surface area (Å²) in [5.41, 5.74) is 0.140. The molecule has 0 spiro atoms. The molecule has 0 bridgehead atoms. The first-order chi connectivity index (χ1) is 8.08. The van der Waals surface area contributed by atoms with Crippen LogP contribution in [-0.4, -0.2) is 41.7 Å². The number of aromatic nitrogens is 1. The fourth-order valence-electron chi connectivity index (χ4n) is 1.09. The minimum Gasteiger partial charge on any atom is -0.467 e. The molecule has 1 atom stereocenters. The zero-order valence-corrected chi connectivity index (χ0v) is 10.6. The second kappa shape index (κ2) is 6.31. The van der Waals surface area contributed by atoms with Crippen molar-refractivity contribution in [1.29, 1.82) is 0 Å². The Morgan fingerprint density at radius 3 is 2.82 bits per heavy atom. The summed E-state index contributed by atoms with van der Waals surface area (Å²) in [7, 11) is 1.18. The lowest BCUT2D eigenvalue weighted by Gasteiger charge is -2.13. The molecule has 2 N–H and O–H groups in total. The monoisotopic (exact) mass is 302 g/mol. The molecule has 0 radical (unpaired) electrons. The molecule has 0 aromatic carbocycles. The van der Waals surface area contributed by atoms with E-state index >= 15 is 0 Å². The molecule has 1 heterocycles. The molecule has 0 saturated heterocycles. The van der Waals surface area contributed by atoms with Crippen LogP contribution in [0.2, 0.25) is 0 Å². The first-order valence-electron chi connectivity index (χ1n) is 4.70. The Morgan fingerprint density at radius 1 is 1.59 bits per heavy atom. The number of aliphatic hydroxyl groups excluding tert-OH is 1. The summed E-state index contributed by atoms with van der Waals surface area (Å²) in [6.07, 6.45) is 0. The number of halogens is 1. The highest BCUT2D eigenvalue weighted by atomic mass is 79.9. The number of carbonyl (C=O) groups is 2. The summed E-state index contributed by atoms with van der Waals surface area (Å²) >= 11 is 3.12. The van der Waals surface area contributed by atoms with E-state index in [4.69, 9.17) is 5.11 Å². The molecule has 1 aromatic rings. The molecule has 0 aliphatic heterocycles. The molecule has 0 aliphatic rings. The topological polar surface area (TPSA) is 88.5 Å². The zero-order chi connectivity index (χ0) is 12.8. The first-order valence-corrected chi connectivity index (χ1v) is 5.50. The standard InChI is InChI=1S/C10H11BrN2O4/c1-17-10(16)7(5-14)13-9(15)6-3-2-4-8(11)12-6/h2-4,7,14H,5H2,1H3,(H,13,15). The lowest BCUT2D eigenvalue weighted by Crippen LogP contribution is -2.44. The summed E-state index contributed by atoms with van der Waals surface area (Å²) in [5.74, 6) is -1.27. The van der Waals surface area contributed by atoms with Crippen molar-refractivity contribution in [2.45, 2.75) is 6.04 Å². The quantitative estimate of drug-likeness (QED) is 0.609. The summed E-state index contributed by atoms with van der Waals surface area (Å²) < 4.78 is 4.92. The Labute approximate surface area is 106 Å². The smallest absolute Gasteiger partial charge is 0.330 e. The predicted molar refractivity (Wildman–Crippen MR) is 62.3 cm³/mol. The van der Waals surface area contributed by atoms with Crippen molar-refractivity contribution < 1.29 is 19.4 Å². The van der Waals surface area contributed by atoms with Crippen molar-refractivity contribution in [1.82, 2.24) is 10.3 Å². The molecule has 0 fully saturated rings. The van der Waals surface area contributed by atoms with Crippen LogP contribution >= 0.6 is 15.9 Å². The summed E-state index contributed by atoms with van der Waals surface area (Å²) in [4.78, 5) is 26.7. The van der Waals surface area contributed by atoms with Gasteiger partial charge in [0.1, 0.15) is 10.3 Å². The van der Waals surface area contributed by atoms with Crippen molar-refractivity contribution in [3.05, 3.63) is 28.5 Å². The van der Waals surface area contributed by atoms with Crippen LogP contribution in [0.4, 0.5) is 0 Å². The van der Waals surface area contributed by atoms with Gasteiger partial charge in [0.15, 0.2) is 6.04 Å². The van der Waals surface area contributed by atoms with E-state index < -0.39 is 24.5 Å². The molecule has 0 saturated carbocycles. The van der Waals surface area contributed by atoms with Gasteiger partial charge >= 0.3 is 5.97 Å². The van der Waals surface area contributed by atoms with Gasteiger partial charge in [-0.15, -0.1) is 0 Å². The fraction of sp³-hybridized carbons (Fsp3) is 0.300. The number of hydrogen-bond donors (Lipinski definition) is 2. The lowest BCUT2D eigenvalue weighted by molar-refractivity contribution is -0.143. The third-order valence-corrected chi connectivity index (χ3v) is 2.36. The number of methoxy groups -OCH3 is 1. The zero-order valence-electron chi connectivity index (χ0n) is 9.01. The van der Waals surface area contributed by atoms with Crippen LogP contribution in [-0.2, 0) is 9.53 Å². The Hall–Kier alpha value is -1.47. The van der Waals surface area contributed by atoms with Crippen molar-refractivity contribution in [2.24, 2.45) is 0 Å². The number of nitrogens with zero attached hydrogens (tertiary/aromatic N) is 1. The SMILES string of the molecule is COC(=O)C(CO)NC(=O)c1cccc(Br)n1. The number of nitrogens with one attached hydrogen (secondary N) is 1.